The fourth-order valence-corrected chi connectivity index (χ4v) is 3.96. The molecule has 0 radical (unpaired) electrons. The summed E-state index contributed by atoms with van der Waals surface area (Å²) in [5.41, 5.74) is 0. The summed E-state index contributed by atoms with van der Waals surface area (Å²) in [7, 11) is -3.05. The number of rotatable bonds is 8. The van der Waals surface area contributed by atoms with Gasteiger partial charge in [0.25, 0.3) is 0 Å². The zero-order valence-corrected chi connectivity index (χ0v) is 15.5. The normalized spacial score (nSPS) is 12.7. The van der Waals surface area contributed by atoms with E-state index in [4.69, 9.17) is 17.7 Å². The predicted molar refractivity (Wildman–Crippen MR) is 70.6 cm³/mol. The van der Waals surface area contributed by atoms with Crippen molar-refractivity contribution in [2.24, 2.45) is 0 Å². The Kier molecular flexibility index (Phi) is 11.3. The van der Waals surface area contributed by atoms with Crippen molar-refractivity contribution < 1.29 is 39.4 Å². The van der Waals surface area contributed by atoms with Gasteiger partial charge in [0.15, 0.2) is 0 Å². The topological polar surface area (TPSA) is 36.9 Å². The zero-order chi connectivity index (χ0) is 13.6. The number of hydrogen-bond acceptors (Lipinski definition) is 4. The predicted octanol–water partition coefficient (Wildman–Crippen LogP) is 3.12. The van der Waals surface area contributed by atoms with Crippen LogP contribution in [0.3, 0.4) is 0 Å². The Hall–Kier alpha value is 0.771. The van der Waals surface area contributed by atoms with Gasteiger partial charge in [-0.15, -0.1) is 0 Å². The van der Waals surface area contributed by atoms with Gasteiger partial charge in [-0.05, 0) is 55.4 Å². The van der Waals surface area contributed by atoms with Gasteiger partial charge in [-0.3, -0.25) is 0 Å². The van der Waals surface area contributed by atoms with Crippen molar-refractivity contribution in [3.63, 3.8) is 0 Å². The first-order chi connectivity index (χ1) is 7.67. The molecule has 0 saturated carbocycles. The first-order valence-corrected chi connectivity index (χ1v) is 8.01. The molecule has 0 fully saturated rings. The molecule has 108 valence electrons. The van der Waals surface area contributed by atoms with Crippen LogP contribution in [0.5, 0.6) is 0 Å². The SMILES string of the molecule is CC(C)O[Si](OC(C)C)(OC(C)C)OC(C)C.[Ti]. The van der Waals surface area contributed by atoms with Crippen LogP contribution in [0.15, 0.2) is 0 Å². The van der Waals surface area contributed by atoms with Gasteiger partial charge >= 0.3 is 9.05 Å². The first kappa shape index (κ1) is 21.1. The van der Waals surface area contributed by atoms with E-state index in [9.17, 15) is 0 Å². The number of hydrogen-bond donors (Lipinski definition) is 0. The summed E-state index contributed by atoms with van der Waals surface area (Å²) in [5, 5.41) is 0. The van der Waals surface area contributed by atoms with Gasteiger partial charge in [-0.25, -0.2) is 0 Å². The van der Waals surface area contributed by atoms with E-state index < -0.39 is 9.05 Å². The zero-order valence-electron chi connectivity index (χ0n) is 12.9. The van der Waals surface area contributed by atoms with Gasteiger partial charge in [0.05, 0.1) is 0 Å². The van der Waals surface area contributed by atoms with Crippen LogP contribution in [-0.2, 0) is 39.4 Å². The molecule has 0 rings (SSSR count). The molecule has 0 atom stereocenters. The van der Waals surface area contributed by atoms with Crippen molar-refractivity contribution >= 4 is 9.05 Å². The van der Waals surface area contributed by atoms with Crippen LogP contribution in [0.4, 0.5) is 0 Å². The molecule has 4 nitrogen and oxygen atoms in total. The van der Waals surface area contributed by atoms with E-state index >= 15 is 0 Å². The quantitative estimate of drug-likeness (QED) is 0.645. The molecule has 0 saturated heterocycles. The Balaban J connectivity index is 0. The maximum Gasteiger partial charge on any atom is 0.680 e. The third-order valence-electron chi connectivity index (χ3n) is 1.52. The molecule has 0 unspecified atom stereocenters. The summed E-state index contributed by atoms with van der Waals surface area (Å²) < 4.78 is 23.4. The van der Waals surface area contributed by atoms with E-state index in [2.05, 4.69) is 0 Å². The molecular formula is C12H28O4SiTi. The van der Waals surface area contributed by atoms with Crippen LogP contribution in [0.25, 0.3) is 0 Å². The van der Waals surface area contributed by atoms with Crippen molar-refractivity contribution in [2.75, 3.05) is 0 Å². The molecule has 0 aromatic rings. The van der Waals surface area contributed by atoms with Crippen molar-refractivity contribution in [3.05, 3.63) is 0 Å². The molecule has 0 aliphatic carbocycles. The van der Waals surface area contributed by atoms with Crippen molar-refractivity contribution in [2.45, 2.75) is 79.8 Å². The van der Waals surface area contributed by atoms with Crippen LogP contribution in [0.2, 0.25) is 0 Å². The maximum atomic E-state index is 5.84. The van der Waals surface area contributed by atoms with Gasteiger partial charge in [0.2, 0.25) is 0 Å². The van der Waals surface area contributed by atoms with Gasteiger partial charge in [0.1, 0.15) is 0 Å². The molecule has 0 aliphatic heterocycles. The Morgan fingerprint density at radius 1 is 0.500 bits per heavy atom. The average molecular weight is 312 g/mol. The first-order valence-electron chi connectivity index (χ1n) is 6.38. The molecule has 0 N–H and O–H groups in total. The van der Waals surface area contributed by atoms with Gasteiger partial charge in [-0.1, -0.05) is 0 Å². The molecular weight excluding hydrogens is 284 g/mol. The summed E-state index contributed by atoms with van der Waals surface area (Å²) in [5.74, 6) is 0. The molecule has 0 spiro atoms. The smallest absolute Gasteiger partial charge is 0.349 e. The van der Waals surface area contributed by atoms with Crippen molar-refractivity contribution in [3.8, 4) is 0 Å². The van der Waals surface area contributed by atoms with Crippen LogP contribution >= 0.6 is 0 Å². The van der Waals surface area contributed by atoms with E-state index in [1.807, 2.05) is 55.4 Å². The summed E-state index contributed by atoms with van der Waals surface area (Å²) >= 11 is 0. The molecule has 0 bridgehead atoms. The Morgan fingerprint density at radius 2 is 0.667 bits per heavy atom. The monoisotopic (exact) mass is 312 g/mol. The van der Waals surface area contributed by atoms with E-state index in [0.717, 1.165) is 0 Å². The second-order valence-electron chi connectivity index (χ2n) is 5.17. The molecule has 6 heteroatoms. The summed E-state index contributed by atoms with van der Waals surface area (Å²) in [4.78, 5) is 0. The van der Waals surface area contributed by atoms with Gasteiger partial charge in [-0.2, -0.15) is 0 Å². The summed E-state index contributed by atoms with van der Waals surface area (Å²) in [6.07, 6.45) is 0.0478. The molecule has 0 aromatic heterocycles. The van der Waals surface area contributed by atoms with Crippen molar-refractivity contribution in [1.29, 1.82) is 0 Å². The van der Waals surface area contributed by atoms with Crippen LogP contribution in [-0.4, -0.2) is 33.5 Å². The van der Waals surface area contributed by atoms with Crippen molar-refractivity contribution in [1.82, 2.24) is 0 Å². The molecule has 0 amide bonds. The largest absolute Gasteiger partial charge is 0.680 e. The van der Waals surface area contributed by atoms with E-state index in [1.165, 1.54) is 0 Å². The molecule has 18 heavy (non-hydrogen) atoms. The minimum absolute atomic E-state index is 0. The second-order valence-corrected chi connectivity index (χ2v) is 7.11. The average Bonchev–Trinajstić information content (AvgIpc) is 1.95. The summed E-state index contributed by atoms with van der Waals surface area (Å²) in [6, 6.07) is 0. The minimum Gasteiger partial charge on any atom is -0.349 e. The Morgan fingerprint density at radius 3 is 0.778 bits per heavy atom. The standard InChI is InChI=1S/C12H28O4Si.Ti/c1-9(2)13-17(14-10(3)4,15-11(5)6)16-12(7)8;/h9-12H,1-8H3;. The van der Waals surface area contributed by atoms with E-state index in [-0.39, 0.29) is 46.1 Å². The molecule has 0 heterocycles. The third-order valence-corrected chi connectivity index (χ3v) is 4.56. The maximum absolute atomic E-state index is 5.84. The molecule has 0 aliphatic rings. The minimum atomic E-state index is -3.05. The van der Waals surface area contributed by atoms with Crippen LogP contribution in [0, 0.1) is 0 Å². The fourth-order valence-electron chi connectivity index (χ4n) is 1.32. The van der Waals surface area contributed by atoms with E-state index in [0.29, 0.717) is 0 Å². The third kappa shape index (κ3) is 9.67. The fraction of sp³-hybridized carbons (Fsp3) is 1.00. The Labute approximate surface area is 128 Å². The molecule has 0 aromatic carbocycles. The van der Waals surface area contributed by atoms with Gasteiger partial charge < -0.3 is 17.7 Å². The van der Waals surface area contributed by atoms with E-state index in [1.54, 1.807) is 0 Å². The second kappa shape index (κ2) is 9.64. The summed E-state index contributed by atoms with van der Waals surface area (Å²) in [6.45, 7) is 15.7. The van der Waals surface area contributed by atoms with Gasteiger partial charge in [0, 0.05) is 46.1 Å². The van der Waals surface area contributed by atoms with Crippen LogP contribution in [0.1, 0.15) is 55.4 Å². The van der Waals surface area contributed by atoms with Crippen LogP contribution < -0.4 is 0 Å². The Bertz CT molecular complexity index is 165.